The molecule has 0 aliphatic rings. The fourth-order valence-electron chi connectivity index (χ4n) is 0.644. The van der Waals surface area contributed by atoms with Crippen LogP contribution in [0.5, 0.6) is 0 Å². The molecule has 0 bridgehead atoms. The third-order valence-corrected chi connectivity index (χ3v) is 2.14. The van der Waals surface area contributed by atoms with Gasteiger partial charge in [-0.1, -0.05) is 11.3 Å². The Hall–Kier alpha value is -0.890. The van der Waals surface area contributed by atoms with Crippen LogP contribution >= 0.6 is 11.3 Å². The second-order valence-corrected chi connectivity index (χ2v) is 3.62. The molecule has 0 aliphatic heterocycles. The summed E-state index contributed by atoms with van der Waals surface area (Å²) in [5, 5.41) is 16.7. The quantitative estimate of drug-likeness (QED) is 0.818. The first-order valence-corrected chi connectivity index (χ1v) is 4.54. The number of halogens is 3. The fourth-order valence-corrected chi connectivity index (χ4v) is 1.26. The van der Waals surface area contributed by atoms with Crippen molar-refractivity contribution in [2.75, 3.05) is 11.9 Å². The minimum absolute atomic E-state index is 0.0539. The van der Waals surface area contributed by atoms with Gasteiger partial charge in [0.2, 0.25) is 10.1 Å². The van der Waals surface area contributed by atoms with E-state index in [1.165, 1.54) is 6.92 Å². The summed E-state index contributed by atoms with van der Waals surface area (Å²) in [5.74, 6) is 0. The third kappa shape index (κ3) is 3.11. The van der Waals surface area contributed by atoms with Crippen molar-refractivity contribution in [2.45, 2.75) is 19.2 Å². The lowest BCUT2D eigenvalue weighted by atomic mass is 10.4. The van der Waals surface area contributed by atoms with Gasteiger partial charge in [-0.2, -0.15) is 13.2 Å². The second kappa shape index (κ2) is 4.09. The Bertz CT molecular complexity index is 299. The lowest BCUT2D eigenvalue weighted by Gasteiger charge is -2.03. The highest BCUT2D eigenvalue weighted by molar-refractivity contribution is 7.15. The predicted molar refractivity (Wildman–Crippen MR) is 45.1 cm³/mol. The summed E-state index contributed by atoms with van der Waals surface area (Å²) in [6.07, 6.45) is -5.10. The molecule has 1 aromatic heterocycles. The van der Waals surface area contributed by atoms with E-state index in [4.69, 9.17) is 5.11 Å². The number of hydrogen-bond acceptors (Lipinski definition) is 5. The van der Waals surface area contributed by atoms with Crippen LogP contribution in [0.2, 0.25) is 0 Å². The Morgan fingerprint density at radius 3 is 2.57 bits per heavy atom. The molecular weight excluding hydrogens is 219 g/mol. The molecule has 0 aliphatic carbocycles. The SMILES string of the molecule is C[C@H](O)CNc1nnc(C(F)(F)F)s1. The van der Waals surface area contributed by atoms with Crippen molar-refractivity contribution in [3.8, 4) is 0 Å². The van der Waals surface area contributed by atoms with Crippen molar-refractivity contribution >= 4 is 16.5 Å². The molecule has 0 unspecified atom stereocenters. The second-order valence-electron chi connectivity index (χ2n) is 2.64. The van der Waals surface area contributed by atoms with Gasteiger partial charge in [0.25, 0.3) is 0 Å². The monoisotopic (exact) mass is 227 g/mol. The average molecular weight is 227 g/mol. The van der Waals surface area contributed by atoms with Crippen LogP contribution in [-0.4, -0.2) is 28.0 Å². The summed E-state index contributed by atoms with van der Waals surface area (Å²) in [4.78, 5) is 0. The van der Waals surface area contributed by atoms with Crippen LogP contribution in [0.4, 0.5) is 18.3 Å². The van der Waals surface area contributed by atoms with E-state index >= 15 is 0 Å². The van der Waals surface area contributed by atoms with Crippen molar-refractivity contribution < 1.29 is 18.3 Å². The first-order valence-electron chi connectivity index (χ1n) is 3.72. The van der Waals surface area contributed by atoms with E-state index in [-0.39, 0.29) is 11.7 Å². The van der Waals surface area contributed by atoms with E-state index in [9.17, 15) is 13.2 Å². The van der Waals surface area contributed by atoms with Gasteiger partial charge >= 0.3 is 6.18 Å². The zero-order valence-corrected chi connectivity index (χ0v) is 7.98. The van der Waals surface area contributed by atoms with E-state index in [2.05, 4.69) is 15.5 Å². The number of hydrogen-bond donors (Lipinski definition) is 2. The van der Waals surface area contributed by atoms with Gasteiger partial charge in [0.15, 0.2) is 0 Å². The Morgan fingerprint density at radius 1 is 1.50 bits per heavy atom. The summed E-state index contributed by atoms with van der Waals surface area (Å²) >= 11 is 0.412. The van der Waals surface area contributed by atoms with Crippen molar-refractivity contribution in [2.24, 2.45) is 0 Å². The fraction of sp³-hybridized carbons (Fsp3) is 0.667. The van der Waals surface area contributed by atoms with E-state index in [1.807, 2.05) is 0 Å². The zero-order valence-electron chi connectivity index (χ0n) is 7.17. The molecule has 0 fully saturated rings. The highest BCUT2D eigenvalue weighted by Crippen LogP contribution is 2.32. The number of nitrogens with one attached hydrogen (secondary N) is 1. The van der Waals surface area contributed by atoms with Gasteiger partial charge in [0.05, 0.1) is 6.10 Å². The smallest absolute Gasteiger partial charge is 0.392 e. The molecule has 1 heterocycles. The van der Waals surface area contributed by atoms with Crippen molar-refractivity contribution in [3.63, 3.8) is 0 Å². The molecule has 1 rings (SSSR count). The number of alkyl halides is 3. The Balaban J connectivity index is 2.60. The summed E-state index contributed by atoms with van der Waals surface area (Å²) in [5.41, 5.74) is 0. The maximum absolute atomic E-state index is 12.0. The molecule has 14 heavy (non-hydrogen) atoms. The van der Waals surface area contributed by atoms with Gasteiger partial charge in [-0.25, -0.2) is 0 Å². The van der Waals surface area contributed by atoms with Crippen LogP contribution in [0.3, 0.4) is 0 Å². The number of rotatable bonds is 3. The summed E-state index contributed by atoms with van der Waals surface area (Å²) in [6.45, 7) is 1.66. The number of aromatic nitrogens is 2. The molecule has 0 radical (unpaired) electrons. The number of aliphatic hydroxyl groups excluding tert-OH is 1. The van der Waals surface area contributed by atoms with E-state index < -0.39 is 17.3 Å². The molecule has 80 valence electrons. The molecule has 4 nitrogen and oxygen atoms in total. The zero-order chi connectivity index (χ0) is 10.8. The minimum atomic E-state index is -4.46. The highest BCUT2D eigenvalue weighted by atomic mass is 32.1. The van der Waals surface area contributed by atoms with Gasteiger partial charge in [0.1, 0.15) is 0 Å². The molecule has 8 heteroatoms. The van der Waals surface area contributed by atoms with Crippen LogP contribution in [-0.2, 0) is 6.18 Å². The lowest BCUT2D eigenvalue weighted by Crippen LogP contribution is -2.15. The molecule has 1 atom stereocenters. The van der Waals surface area contributed by atoms with E-state index in [0.29, 0.717) is 11.3 Å². The van der Waals surface area contributed by atoms with Crippen LogP contribution in [0, 0.1) is 0 Å². The normalized spacial score (nSPS) is 14.1. The van der Waals surface area contributed by atoms with Crippen LogP contribution in [0.1, 0.15) is 11.9 Å². The first kappa shape index (κ1) is 11.2. The van der Waals surface area contributed by atoms with Crippen molar-refractivity contribution in [1.29, 1.82) is 0 Å². The van der Waals surface area contributed by atoms with Crippen LogP contribution in [0.15, 0.2) is 0 Å². The molecule has 0 aromatic carbocycles. The predicted octanol–water partition coefficient (Wildman–Crippen LogP) is 1.35. The van der Waals surface area contributed by atoms with Crippen molar-refractivity contribution in [3.05, 3.63) is 5.01 Å². The third-order valence-electron chi connectivity index (χ3n) is 1.22. The molecule has 0 amide bonds. The Kier molecular flexibility index (Phi) is 3.27. The van der Waals surface area contributed by atoms with Gasteiger partial charge < -0.3 is 10.4 Å². The summed E-state index contributed by atoms with van der Waals surface area (Å²) < 4.78 is 36.1. The number of anilines is 1. The standard InChI is InChI=1S/C6H8F3N3OS/c1-3(13)2-10-5-12-11-4(14-5)6(7,8)9/h3,13H,2H2,1H3,(H,10,12)/t3-/m0/s1. The molecule has 2 N–H and O–H groups in total. The summed E-state index contributed by atoms with van der Waals surface area (Å²) in [6, 6.07) is 0. The molecule has 0 saturated heterocycles. The van der Waals surface area contributed by atoms with E-state index in [1.54, 1.807) is 0 Å². The van der Waals surface area contributed by atoms with E-state index in [0.717, 1.165) is 0 Å². The maximum atomic E-state index is 12.0. The van der Waals surface area contributed by atoms with Crippen molar-refractivity contribution in [1.82, 2.24) is 10.2 Å². The van der Waals surface area contributed by atoms with Gasteiger partial charge in [0, 0.05) is 6.54 Å². The van der Waals surface area contributed by atoms with Gasteiger partial charge in [-0.3, -0.25) is 0 Å². The first-order chi connectivity index (χ1) is 6.39. The maximum Gasteiger partial charge on any atom is 0.445 e. The lowest BCUT2D eigenvalue weighted by molar-refractivity contribution is -0.138. The number of nitrogens with zero attached hydrogens (tertiary/aromatic N) is 2. The summed E-state index contributed by atoms with van der Waals surface area (Å²) in [7, 11) is 0. The molecule has 1 aromatic rings. The Morgan fingerprint density at radius 2 is 2.14 bits per heavy atom. The average Bonchev–Trinajstić information content (AvgIpc) is 2.47. The van der Waals surface area contributed by atoms with Crippen LogP contribution < -0.4 is 5.32 Å². The van der Waals surface area contributed by atoms with Crippen LogP contribution in [0.25, 0.3) is 0 Å². The largest absolute Gasteiger partial charge is 0.445 e. The van der Waals surface area contributed by atoms with Gasteiger partial charge in [-0.15, -0.1) is 10.2 Å². The Labute approximate surface area is 81.8 Å². The highest BCUT2D eigenvalue weighted by Gasteiger charge is 2.35. The van der Waals surface area contributed by atoms with Gasteiger partial charge in [-0.05, 0) is 6.92 Å². The molecule has 0 saturated carbocycles. The topological polar surface area (TPSA) is 58.0 Å². The molecule has 0 spiro atoms. The molecular formula is C6H8F3N3OS. The minimum Gasteiger partial charge on any atom is -0.392 e. The number of aliphatic hydroxyl groups is 1.